The summed E-state index contributed by atoms with van der Waals surface area (Å²) in [6.45, 7) is 8.74. The molecule has 0 aliphatic carbocycles. The Balaban J connectivity index is 4.99. The van der Waals surface area contributed by atoms with Gasteiger partial charge in [0.1, 0.15) is 5.84 Å². The fourth-order valence-electron chi connectivity index (χ4n) is 0.956. The SMILES string of the molecule is CCN=C(N)/C(C=N)=C(\C)C(C)C. The van der Waals surface area contributed by atoms with Crippen LogP contribution in [0.1, 0.15) is 27.7 Å². The molecule has 3 nitrogen and oxygen atoms in total. The minimum absolute atomic E-state index is 0.405. The lowest BCUT2D eigenvalue weighted by molar-refractivity contribution is 0.767. The monoisotopic (exact) mass is 181 g/mol. The number of aliphatic imine (C=N–C) groups is 1. The van der Waals surface area contributed by atoms with E-state index in [2.05, 4.69) is 18.8 Å². The number of nitrogens with one attached hydrogen (secondary N) is 1. The van der Waals surface area contributed by atoms with Gasteiger partial charge in [-0.05, 0) is 19.8 Å². The van der Waals surface area contributed by atoms with Crippen LogP contribution >= 0.6 is 0 Å². The molecule has 74 valence electrons. The van der Waals surface area contributed by atoms with Gasteiger partial charge < -0.3 is 11.1 Å². The summed E-state index contributed by atoms with van der Waals surface area (Å²) in [5, 5.41) is 7.25. The third-order valence-electron chi connectivity index (χ3n) is 2.04. The van der Waals surface area contributed by atoms with Gasteiger partial charge in [0, 0.05) is 18.3 Å². The Bertz CT molecular complexity index is 237. The summed E-state index contributed by atoms with van der Waals surface area (Å²) in [5.74, 6) is 0.880. The molecule has 0 radical (unpaired) electrons. The van der Waals surface area contributed by atoms with Crippen LogP contribution in [-0.4, -0.2) is 18.6 Å². The minimum Gasteiger partial charge on any atom is -0.383 e. The predicted octanol–water partition coefficient (Wildman–Crippen LogP) is 1.99. The van der Waals surface area contributed by atoms with Crippen LogP contribution in [0, 0.1) is 11.3 Å². The first-order valence-corrected chi connectivity index (χ1v) is 4.56. The number of allylic oxidation sites excluding steroid dienone is 1. The Morgan fingerprint density at radius 1 is 1.54 bits per heavy atom. The fourth-order valence-corrected chi connectivity index (χ4v) is 0.956. The van der Waals surface area contributed by atoms with Crippen LogP contribution in [0.5, 0.6) is 0 Å². The Labute approximate surface area is 80.3 Å². The first-order chi connectivity index (χ1) is 6.04. The molecule has 0 amide bonds. The average molecular weight is 181 g/mol. The van der Waals surface area contributed by atoms with E-state index >= 15 is 0 Å². The summed E-state index contributed by atoms with van der Waals surface area (Å²) in [5.41, 5.74) is 7.60. The molecule has 0 heterocycles. The van der Waals surface area contributed by atoms with E-state index in [0.717, 1.165) is 11.1 Å². The zero-order chi connectivity index (χ0) is 10.4. The molecule has 3 heteroatoms. The molecule has 0 saturated carbocycles. The zero-order valence-corrected chi connectivity index (χ0v) is 8.89. The van der Waals surface area contributed by atoms with Gasteiger partial charge >= 0.3 is 0 Å². The van der Waals surface area contributed by atoms with Gasteiger partial charge in [-0.25, -0.2) is 0 Å². The van der Waals surface area contributed by atoms with Gasteiger partial charge in [-0.3, -0.25) is 4.99 Å². The van der Waals surface area contributed by atoms with Gasteiger partial charge in [-0.2, -0.15) is 0 Å². The first-order valence-electron chi connectivity index (χ1n) is 4.56. The van der Waals surface area contributed by atoms with Crippen molar-refractivity contribution in [2.24, 2.45) is 16.6 Å². The van der Waals surface area contributed by atoms with Crippen molar-refractivity contribution in [3.63, 3.8) is 0 Å². The summed E-state index contributed by atoms with van der Waals surface area (Å²) >= 11 is 0. The molecule has 0 aromatic rings. The highest BCUT2D eigenvalue weighted by Gasteiger charge is 2.06. The van der Waals surface area contributed by atoms with Crippen LogP contribution in [-0.2, 0) is 0 Å². The van der Waals surface area contributed by atoms with Crippen molar-refractivity contribution in [3.8, 4) is 0 Å². The molecule has 0 atom stereocenters. The van der Waals surface area contributed by atoms with E-state index in [9.17, 15) is 0 Å². The van der Waals surface area contributed by atoms with Crippen LogP contribution in [0.2, 0.25) is 0 Å². The fraction of sp³-hybridized carbons (Fsp3) is 0.600. The van der Waals surface area contributed by atoms with Crippen LogP contribution in [0.15, 0.2) is 16.1 Å². The van der Waals surface area contributed by atoms with Crippen molar-refractivity contribution >= 4 is 12.1 Å². The standard InChI is InChI=1S/C10H19N3/c1-5-13-10(12)9(6-11)8(4)7(2)3/h6-7,11H,5H2,1-4H3,(H2,12,13)/b9-8+,11-6?. The lowest BCUT2D eigenvalue weighted by Crippen LogP contribution is -2.18. The number of nitrogens with zero attached hydrogens (tertiary/aromatic N) is 1. The van der Waals surface area contributed by atoms with E-state index in [1.165, 1.54) is 6.21 Å². The molecule has 3 N–H and O–H groups in total. The van der Waals surface area contributed by atoms with Crippen molar-refractivity contribution in [1.82, 2.24) is 0 Å². The van der Waals surface area contributed by atoms with Crippen LogP contribution in [0.25, 0.3) is 0 Å². The first kappa shape index (κ1) is 11.9. The molecule has 0 saturated heterocycles. The summed E-state index contributed by atoms with van der Waals surface area (Å²) < 4.78 is 0. The maximum absolute atomic E-state index is 7.25. The van der Waals surface area contributed by atoms with E-state index in [-0.39, 0.29) is 0 Å². The molecule has 0 aliphatic heterocycles. The van der Waals surface area contributed by atoms with Crippen molar-refractivity contribution in [3.05, 3.63) is 11.1 Å². The summed E-state index contributed by atoms with van der Waals surface area (Å²) in [6.07, 6.45) is 1.28. The van der Waals surface area contributed by atoms with Gasteiger partial charge in [-0.1, -0.05) is 19.4 Å². The number of hydrogen-bond acceptors (Lipinski definition) is 2. The number of nitrogens with two attached hydrogens (primary N) is 1. The highest BCUT2D eigenvalue weighted by atomic mass is 14.8. The molecular weight excluding hydrogens is 162 g/mol. The molecular formula is C10H19N3. The smallest absolute Gasteiger partial charge is 0.127 e. The maximum Gasteiger partial charge on any atom is 0.127 e. The summed E-state index contributed by atoms with van der Waals surface area (Å²) in [7, 11) is 0. The van der Waals surface area contributed by atoms with Crippen LogP contribution in [0.4, 0.5) is 0 Å². The van der Waals surface area contributed by atoms with Crippen LogP contribution < -0.4 is 5.73 Å². The molecule has 0 spiro atoms. The van der Waals surface area contributed by atoms with E-state index in [1.807, 2.05) is 13.8 Å². The van der Waals surface area contributed by atoms with Crippen molar-refractivity contribution in [1.29, 1.82) is 5.41 Å². The Morgan fingerprint density at radius 3 is 2.38 bits per heavy atom. The Kier molecular flexibility index (Phi) is 5.04. The van der Waals surface area contributed by atoms with Crippen LogP contribution in [0.3, 0.4) is 0 Å². The Hall–Kier alpha value is -1.12. The number of rotatable bonds is 4. The van der Waals surface area contributed by atoms with Crippen molar-refractivity contribution in [2.75, 3.05) is 6.54 Å². The lowest BCUT2D eigenvalue weighted by Gasteiger charge is -2.10. The molecule has 0 aromatic heterocycles. The second-order valence-electron chi connectivity index (χ2n) is 3.26. The third kappa shape index (κ3) is 3.40. The predicted molar refractivity (Wildman–Crippen MR) is 58.5 cm³/mol. The quantitative estimate of drug-likeness (QED) is 0.505. The maximum atomic E-state index is 7.25. The second-order valence-corrected chi connectivity index (χ2v) is 3.26. The molecule has 0 fully saturated rings. The van der Waals surface area contributed by atoms with Gasteiger partial charge in [0.25, 0.3) is 0 Å². The van der Waals surface area contributed by atoms with Gasteiger partial charge in [0.15, 0.2) is 0 Å². The average Bonchev–Trinajstić information content (AvgIpc) is 2.05. The van der Waals surface area contributed by atoms with Gasteiger partial charge in [-0.15, -0.1) is 0 Å². The van der Waals surface area contributed by atoms with Gasteiger partial charge in [0.05, 0.1) is 0 Å². The van der Waals surface area contributed by atoms with E-state index < -0.39 is 0 Å². The molecule has 0 aromatic carbocycles. The van der Waals surface area contributed by atoms with Crippen molar-refractivity contribution in [2.45, 2.75) is 27.7 Å². The number of hydrogen-bond donors (Lipinski definition) is 2. The molecule has 0 unspecified atom stereocenters. The molecule has 0 bridgehead atoms. The van der Waals surface area contributed by atoms with Crippen molar-refractivity contribution < 1.29 is 0 Å². The zero-order valence-electron chi connectivity index (χ0n) is 8.89. The second kappa shape index (κ2) is 5.51. The largest absolute Gasteiger partial charge is 0.383 e. The van der Waals surface area contributed by atoms with Gasteiger partial charge in [0.2, 0.25) is 0 Å². The third-order valence-corrected chi connectivity index (χ3v) is 2.04. The minimum atomic E-state index is 0.405. The van der Waals surface area contributed by atoms with E-state index in [1.54, 1.807) is 0 Å². The summed E-state index contributed by atoms with van der Waals surface area (Å²) in [6, 6.07) is 0. The lowest BCUT2D eigenvalue weighted by atomic mass is 9.99. The molecule has 13 heavy (non-hydrogen) atoms. The molecule has 0 aliphatic rings. The van der Waals surface area contributed by atoms with E-state index in [0.29, 0.717) is 18.3 Å². The summed E-state index contributed by atoms with van der Waals surface area (Å²) in [4.78, 5) is 4.08. The van der Waals surface area contributed by atoms with E-state index in [4.69, 9.17) is 11.1 Å². The number of amidine groups is 1. The highest BCUT2D eigenvalue weighted by Crippen LogP contribution is 2.12. The highest BCUT2D eigenvalue weighted by molar-refractivity contribution is 6.14. The normalized spacial score (nSPS) is 14.4. The Morgan fingerprint density at radius 2 is 2.08 bits per heavy atom. The molecule has 0 rings (SSSR count). The topological polar surface area (TPSA) is 62.2 Å².